The van der Waals surface area contributed by atoms with Gasteiger partial charge in [-0.3, -0.25) is 0 Å². The van der Waals surface area contributed by atoms with Crippen LogP contribution in [0.3, 0.4) is 0 Å². The van der Waals surface area contributed by atoms with Gasteiger partial charge in [0.1, 0.15) is 0 Å². The molecule has 17 heavy (non-hydrogen) atoms. The molecule has 3 unspecified atom stereocenters. The number of rotatable bonds is 6. The van der Waals surface area contributed by atoms with Gasteiger partial charge in [-0.15, -0.1) is 12.3 Å². The van der Waals surface area contributed by atoms with Gasteiger partial charge in [-0.2, -0.15) is 0 Å². The van der Waals surface area contributed by atoms with Crippen LogP contribution in [0.2, 0.25) is 0 Å². The largest absolute Gasteiger partial charge is 0.377 e. The number of hydrogen-bond acceptors (Lipinski definition) is 2. The molecule has 1 fully saturated rings. The molecule has 1 N–H and O–H groups in total. The molecule has 1 aliphatic carbocycles. The predicted octanol–water partition coefficient (Wildman–Crippen LogP) is 2.97. The van der Waals surface area contributed by atoms with Gasteiger partial charge in [-0.1, -0.05) is 19.8 Å². The van der Waals surface area contributed by atoms with E-state index in [0.717, 1.165) is 25.2 Å². The van der Waals surface area contributed by atoms with Gasteiger partial charge in [0, 0.05) is 19.6 Å². The minimum atomic E-state index is 0.0288. The fraction of sp³-hybridized carbons (Fsp3) is 0.867. The number of terminal acetylenes is 1. The number of nitrogens with one attached hydrogen (secondary N) is 1. The Bertz CT molecular complexity index is 258. The Kier molecular flexibility index (Phi) is 6.02. The van der Waals surface area contributed by atoms with Crippen LogP contribution in [0.25, 0.3) is 0 Å². The molecule has 0 aromatic heterocycles. The van der Waals surface area contributed by atoms with Crippen molar-refractivity contribution >= 4 is 0 Å². The molecule has 2 nitrogen and oxygen atoms in total. The van der Waals surface area contributed by atoms with Gasteiger partial charge in [-0.25, -0.2) is 0 Å². The molecule has 0 aliphatic heterocycles. The summed E-state index contributed by atoms with van der Waals surface area (Å²) in [5.74, 6) is 3.49. The van der Waals surface area contributed by atoms with Crippen molar-refractivity contribution in [2.24, 2.45) is 5.92 Å². The van der Waals surface area contributed by atoms with Gasteiger partial charge < -0.3 is 10.1 Å². The smallest absolute Gasteiger partial charge is 0.0833 e. The number of methoxy groups -OCH3 is 1. The molecule has 0 aromatic carbocycles. The van der Waals surface area contributed by atoms with Crippen LogP contribution in [0.4, 0.5) is 0 Å². The van der Waals surface area contributed by atoms with Crippen LogP contribution in [0.5, 0.6) is 0 Å². The second-order valence-electron chi connectivity index (χ2n) is 5.41. The summed E-state index contributed by atoms with van der Waals surface area (Å²) in [5.41, 5.74) is 0.0288. The molecule has 1 aliphatic rings. The van der Waals surface area contributed by atoms with Crippen LogP contribution in [-0.4, -0.2) is 25.8 Å². The van der Waals surface area contributed by atoms with E-state index in [0.29, 0.717) is 6.04 Å². The fourth-order valence-electron chi connectivity index (χ4n) is 3.27. The summed E-state index contributed by atoms with van der Waals surface area (Å²) in [4.78, 5) is 0. The molecule has 98 valence electrons. The Hall–Kier alpha value is -0.520. The Morgan fingerprint density at radius 3 is 2.88 bits per heavy atom. The lowest BCUT2D eigenvalue weighted by Gasteiger charge is -2.44. The molecule has 0 aromatic rings. The standard InChI is InChI=1S/C15H27NO/c1-5-6-7-10-14(16-3)15(17-4)11-8-9-13(2)12-15/h1,13-14,16H,6-12H2,2-4H3. The van der Waals surface area contributed by atoms with E-state index in [9.17, 15) is 0 Å². The second kappa shape index (κ2) is 7.03. The van der Waals surface area contributed by atoms with Crippen LogP contribution >= 0.6 is 0 Å². The first-order valence-corrected chi connectivity index (χ1v) is 6.84. The van der Waals surface area contributed by atoms with Crippen molar-refractivity contribution in [1.82, 2.24) is 5.32 Å². The van der Waals surface area contributed by atoms with Crippen LogP contribution in [0.1, 0.15) is 51.9 Å². The quantitative estimate of drug-likeness (QED) is 0.566. The summed E-state index contributed by atoms with van der Waals surface area (Å²) in [6.07, 6.45) is 13.4. The minimum absolute atomic E-state index is 0.0288. The highest BCUT2D eigenvalue weighted by Gasteiger charge is 2.40. The third-order valence-electron chi connectivity index (χ3n) is 4.19. The zero-order valence-electron chi connectivity index (χ0n) is 11.6. The Morgan fingerprint density at radius 2 is 2.35 bits per heavy atom. The van der Waals surface area contributed by atoms with Crippen LogP contribution in [0.15, 0.2) is 0 Å². The summed E-state index contributed by atoms with van der Waals surface area (Å²) >= 11 is 0. The van der Waals surface area contributed by atoms with Crippen molar-refractivity contribution in [3.63, 3.8) is 0 Å². The Balaban J connectivity index is 2.64. The fourth-order valence-corrected chi connectivity index (χ4v) is 3.27. The summed E-state index contributed by atoms with van der Waals surface area (Å²) in [7, 11) is 3.91. The molecule has 0 spiro atoms. The first-order valence-electron chi connectivity index (χ1n) is 6.84. The second-order valence-corrected chi connectivity index (χ2v) is 5.41. The summed E-state index contributed by atoms with van der Waals surface area (Å²) < 4.78 is 5.92. The van der Waals surface area contributed by atoms with Gasteiger partial charge >= 0.3 is 0 Å². The van der Waals surface area contributed by atoms with Gasteiger partial charge in [0.2, 0.25) is 0 Å². The lowest BCUT2D eigenvalue weighted by Crippen LogP contribution is -2.53. The number of hydrogen-bond donors (Lipinski definition) is 1. The first-order chi connectivity index (χ1) is 8.18. The van der Waals surface area contributed by atoms with Crippen molar-refractivity contribution in [3.8, 4) is 12.3 Å². The minimum Gasteiger partial charge on any atom is -0.377 e. The topological polar surface area (TPSA) is 21.3 Å². The van der Waals surface area contributed by atoms with E-state index in [1.807, 2.05) is 14.2 Å². The molecule has 0 bridgehead atoms. The molecule has 0 saturated heterocycles. The lowest BCUT2D eigenvalue weighted by atomic mass is 9.73. The molecular weight excluding hydrogens is 210 g/mol. The molecule has 2 heteroatoms. The number of ether oxygens (including phenoxy) is 1. The highest BCUT2D eigenvalue weighted by atomic mass is 16.5. The SMILES string of the molecule is C#CCCCC(NC)C1(OC)CCCC(C)C1. The first kappa shape index (κ1) is 14.5. The van der Waals surface area contributed by atoms with Gasteiger partial charge in [-0.05, 0) is 38.6 Å². The molecule has 1 saturated carbocycles. The number of unbranched alkanes of at least 4 members (excludes halogenated alkanes) is 1. The molecule has 0 radical (unpaired) electrons. The third-order valence-corrected chi connectivity index (χ3v) is 4.19. The van der Waals surface area contributed by atoms with Gasteiger partial charge in [0.05, 0.1) is 5.60 Å². The normalized spacial score (nSPS) is 30.8. The van der Waals surface area contributed by atoms with E-state index >= 15 is 0 Å². The van der Waals surface area contributed by atoms with Crippen molar-refractivity contribution in [1.29, 1.82) is 0 Å². The van der Waals surface area contributed by atoms with Crippen LogP contribution < -0.4 is 5.32 Å². The van der Waals surface area contributed by atoms with Crippen molar-refractivity contribution in [2.75, 3.05) is 14.2 Å². The van der Waals surface area contributed by atoms with Gasteiger partial charge in [0.15, 0.2) is 0 Å². The van der Waals surface area contributed by atoms with Crippen molar-refractivity contribution in [3.05, 3.63) is 0 Å². The highest BCUT2D eigenvalue weighted by Crippen LogP contribution is 2.38. The van der Waals surface area contributed by atoms with Crippen LogP contribution in [0, 0.1) is 18.3 Å². The van der Waals surface area contributed by atoms with Crippen LogP contribution in [-0.2, 0) is 4.74 Å². The maximum Gasteiger partial charge on any atom is 0.0833 e. The maximum absolute atomic E-state index is 5.92. The Labute approximate surface area is 107 Å². The van der Waals surface area contributed by atoms with Gasteiger partial charge in [0.25, 0.3) is 0 Å². The molecule has 1 rings (SSSR count). The monoisotopic (exact) mass is 237 g/mol. The third kappa shape index (κ3) is 3.72. The summed E-state index contributed by atoms with van der Waals surface area (Å²) in [6, 6.07) is 0.434. The highest BCUT2D eigenvalue weighted by molar-refractivity contribution is 4.97. The Morgan fingerprint density at radius 1 is 1.59 bits per heavy atom. The summed E-state index contributed by atoms with van der Waals surface area (Å²) in [6.45, 7) is 2.33. The van der Waals surface area contributed by atoms with E-state index in [2.05, 4.69) is 18.2 Å². The average molecular weight is 237 g/mol. The van der Waals surface area contributed by atoms with Crippen molar-refractivity contribution in [2.45, 2.75) is 63.5 Å². The zero-order chi connectivity index (χ0) is 12.7. The van der Waals surface area contributed by atoms with Crippen molar-refractivity contribution < 1.29 is 4.74 Å². The molecule has 3 atom stereocenters. The molecule has 0 heterocycles. The van der Waals surface area contributed by atoms with E-state index in [4.69, 9.17) is 11.2 Å². The lowest BCUT2D eigenvalue weighted by molar-refractivity contribution is -0.0796. The van der Waals surface area contributed by atoms with E-state index in [-0.39, 0.29) is 5.60 Å². The van der Waals surface area contributed by atoms with E-state index in [1.165, 1.54) is 25.7 Å². The molecule has 0 amide bonds. The average Bonchev–Trinajstić information content (AvgIpc) is 2.34. The molecular formula is C15H27NO. The maximum atomic E-state index is 5.92. The summed E-state index contributed by atoms with van der Waals surface area (Å²) in [5, 5.41) is 3.45. The predicted molar refractivity (Wildman–Crippen MR) is 72.9 cm³/mol. The zero-order valence-corrected chi connectivity index (χ0v) is 11.6. The number of likely N-dealkylation sites (N-methyl/N-ethyl adjacent to an activating group) is 1. The van der Waals surface area contributed by atoms with E-state index < -0.39 is 0 Å². The van der Waals surface area contributed by atoms with E-state index in [1.54, 1.807) is 0 Å².